The van der Waals surface area contributed by atoms with Crippen molar-refractivity contribution in [3.8, 4) is 0 Å². The molecule has 3 nitrogen and oxygen atoms in total. The molecule has 1 N–H and O–H groups in total. The molecule has 2 atom stereocenters. The van der Waals surface area contributed by atoms with Crippen molar-refractivity contribution in [2.24, 2.45) is 11.8 Å². The highest BCUT2D eigenvalue weighted by molar-refractivity contribution is 6.00. The van der Waals surface area contributed by atoms with E-state index in [0.29, 0.717) is 12.8 Å². The van der Waals surface area contributed by atoms with Crippen LogP contribution in [0, 0.1) is 11.8 Å². The van der Waals surface area contributed by atoms with Crippen molar-refractivity contribution in [1.82, 2.24) is 0 Å². The van der Waals surface area contributed by atoms with Crippen LogP contribution in [0.4, 0.5) is 0 Å². The number of aliphatic hydroxyl groups is 1. The van der Waals surface area contributed by atoms with Crippen LogP contribution >= 0.6 is 0 Å². The second-order valence-corrected chi connectivity index (χ2v) is 3.89. The monoisotopic (exact) mass is 196 g/mol. The fraction of sp³-hybridized carbons (Fsp3) is 0.636. The zero-order valence-electron chi connectivity index (χ0n) is 8.56. The van der Waals surface area contributed by atoms with E-state index in [0.717, 1.165) is 0 Å². The van der Waals surface area contributed by atoms with Crippen LogP contribution in [0.1, 0.15) is 26.7 Å². The fourth-order valence-corrected chi connectivity index (χ4v) is 1.99. The highest BCUT2D eigenvalue weighted by Gasteiger charge is 2.29. The molecule has 78 valence electrons. The van der Waals surface area contributed by atoms with Gasteiger partial charge in [0.15, 0.2) is 0 Å². The number of hydrogen-bond donors (Lipinski definition) is 1. The molecule has 0 aromatic heterocycles. The van der Waals surface area contributed by atoms with Gasteiger partial charge in [0, 0.05) is 0 Å². The Hall–Kier alpha value is -0.960. The van der Waals surface area contributed by atoms with Crippen LogP contribution in [-0.4, -0.2) is 22.8 Å². The number of allylic oxidation sites excluding steroid dienone is 1. The lowest BCUT2D eigenvalue weighted by molar-refractivity contribution is -0.132. The van der Waals surface area contributed by atoms with Gasteiger partial charge in [0.25, 0.3) is 0 Å². The van der Waals surface area contributed by atoms with Crippen molar-refractivity contribution in [3.05, 3.63) is 12.2 Å². The lowest BCUT2D eigenvalue weighted by Gasteiger charge is -2.24. The van der Waals surface area contributed by atoms with Crippen LogP contribution in [0.5, 0.6) is 0 Å². The van der Waals surface area contributed by atoms with Gasteiger partial charge in [-0.15, -0.1) is 0 Å². The molecular weight excluding hydrogens is 180 g/mol. The third-order valence-electron chi connectivity index (χ3n) is 2.68. The Balaban J connectivity index is 2.75. The first-order valence-electron chi connectivity index (χ1n) is 4.89. The van der Waals surface area contributed by atoms with Crippen molar-refractivity contribution in [2.45, 2.75) is 32.8 Å². The maximum atomic E-state index is 11.2. The number of carbonyl (C=O) groups excluding carboxylic acids is 2. The maximum absolute atomic E-state index is 11.2. The van der Waals surface area contributed by atoms with Gasteiger partial charge in [-0.05, 0) is 32.6 Å². The minimum Gasteiger partial charge on any atom is -0.389 e. The van der Waals surface area contributed by atoms with Gasteiger partial charge in [0.2, 0.25) is 0 Å². The van der Waals surface area contributed by atoms with Gasteiger partial charge < -0.3 is 5.11 Å². The highest BCUT2D eigenvalue weighted by Crippen LogP contribution is 2.26. The number of hydrogen-bond acceptors (Lipinski definition) is 3. The van der Waals surface area contributed by atoms with E-state index in [1.807, 2.05) is 0 Å². The molecule has 1 rings (SSSR count). The predicted octanol–water partition coefficient (Wildman–Crippen LogP) is 1.11. The number of Topliss-reactive ketones (excluding diaryl/α,β-unsaturated/α-hetero) is 2. The largest absolute Gasteiger partial charge is 0.389 e. The van der Waals surface area contributed by atoms with E-state index in [1.165, 1.54) is 13.8 Å². The smallest absolute Gasteiger partial charge is 0.140 e. The summed E-state index contributed by atoms with van der Waals surface area (Å²) in [6, 6.07) is 0. The van der Waals surface area contributed by atoms with Crippen LogP contribution in [-0.2, 0) is 9.59 Å². The van der Waals surface area contributed by atoms with E-state index in [2.05, 4.69) is 0 Å². The van der Waals surface area contributed by atoms with E-state index in [1.54, 1.807) is 12.2 Å². The third-order valence-corrected chi connectivity index (χ3v) is 2.68. The van der Waals surface area contributed by atoms with Crippen molar-refractivity contribution in [3.63, 3.8) is 0 Å². The molecule has 0 radical (unpaired) electrons. The van der Waals surface area contributed by atoms with E-state index in [-0.39, 0.29) is 17.5 Å². The zero-order chi connectivity index (χ0) is 10.7. The normalized spacial score (nSPS) is 26.6. The van der Waals surface area contributed by atoms with Crippen molar-refractivity contribution < 1.29 is 14.7 Å². The van der Waals surface area contributed by atoms with Crippen LogP contribution < -0.4 is 0 Å². The molecule has 14 heavy (non-hydrogen) atoms. The molecule has 0 amide bonds. The van der Waals surface area contributed by atoms with E-state index >= 15 is 0 Å². The number of carbonyl (C=O) groups is 2. The van der Waals surface area contributed by atoms with Gasteiger partial charge in [-0.3, -0.25) is 9.59 Å². The van der Waals surface area contributed by atoms with Gasteiger partial charge in [0.1, 0.15) is 11.6 Å². The SMILES string of the molecule is CC(=O)C(C(C)=O)[C@@H]1C=C[C@H](O)CC1. The first-order valence-corrected chi connectivity index (χ1v) is 4.89. The molecule has 0 heterocycles. The fourth-order valence-electron chi connectivity index (χ4n) is 1.99. The Kier molecular flexibility index (Phi) is 3.58. The maximum Gasteiger partial charge on any atom is 0.140 e. The molecule has 0 aromatic rings. The molecule has 1 aliphatic carbocycles. The average Bonchev–Trinajstić information content (AvgIpc) is 2.07. The second kappa shape index (κ2) is 4.51. The number of aliphatic hydroxyl groups excluding tert-OH is 1. The summed E-state index contributed by atoms with van der Waals surface area (Å²) < 4.78 is 0. The molecule has 0 saturated heterocycles. The summed E-state index contributed by atoms with van der Waals surface area (Å²) >= 11 is 0. The van der Waals surface area contributed by atoms with Crippen LogP contribution in [0.15, 0.2) is 12.2 Å². The second-order valence-electron chi connectivity index (χ2n) is 3.89. The van der Waals surface area contributed by atoms with Crippen molar-refractivity contribution >= 4 is 11.6 Å². The molecular formula is C11H16O3. The molecule has 0 spiro atoms. The molecule has 0 aliphatic heterocycles. The van der Waals surface area contributed by atoms with E-state index in [4.69, 9.17) is 0 Å². The molecule has 0 bridgehead atoms. The number of rotatable bonds is 3. The lowest BCUT2D eigenvalue weighted by Crippen LogP contribution is -2.29. The standard InChI is InChI=1S/C11H16O3/c1-7(12)11(8(2)13)9-3-5-10(14)6-4-9/h3,5,9-11,14H,4,6H2,1-2H3/t9-,10+/m1/s1. The average molecular weight is 196 g/mol. The van der Waals surface area contributed by atoms with Crippen LogP contribution in [0.25, 0.3) is 0 Å². The molecule has 0 saturated carbocycles. The Morgan fingerprint density at radius 1 is 1.21 bits per heavy atom. The molecule has 0 fully saturated rings. The Morgan fingerprint density at radius 3 is 2.14 bits per heavy atom. The minimum absolute atomic E-state index is 0.0200. The van der Waals surface area contributed by atoms with Gasteiger partial charge in [-0.1, -0.05) is 12.2 Å². The van der Waals surface area contributed by atoms with Crippen molar-refractivity contribution in [1.29, 1.82) is 0 Å². The molecule has 0 aromatic carbocycles. The summed E-state index contributed by atoms with van der Waals surface area (Å²) in [6.07, 6.45) is 4.40. The molecule has 1 aliphatic rings. The minimum atomic E-state index is -0.515. The van der Waals surface area contributed by atoms with Gasteiger partial charge >= 0.3 is 0 Å². The van der Waals surface area contributed by atoms with E-state index < -0.39 is 12.0 Å². The molecule has 0 unspecified atom stereocenters. The lowest BCUT2D eigenvalue weighted by atomic mass is 9.80. The zero-order valence-corrected chi connectivity index (χ0v) is 8.56. The number of ketones is 2. The predicted molar refractivity (Wildman–Crippen MR) is 52.7 cm³/mol. The summed E-state index contributed by atoms with van der Waals surface area (Å²) in [6.45, 7) is 2.90. The Morgan fingerprint density at radius 2 is 1.79 bits per heavy atom. The highest BCUT2D eigenvalue weighted by atomic mass is 16.3. The Labute approximate surface area is 83.8 Å². The summed E-state index contributed by atoms with van der Waals surface area (Å²) in [5.41, 5.74) is 0. The quantitative estimate of drug-likeness (QED) is 0.543. The molecule has 3 heteroatoms. The first kappa shape index (κ1) is 11.1. The topological polar surface area (TPSA) is 54.4 Å². The van der Waals surface area contributed by atoms with E-state index in [9.17, 15) is 14.7 Å². The van der Waals surface area contributed by atoms with Crippen LogP contribution in [0.3, 0.4) is 0 Å². The third kappa shape index (κ3) is 2.51. The van der Waals surface area contributed by atoms with Gasteiger partial charge in [-0.2, -0.15) is 0 Å². The van der Waals surface area contributed by atoms with Gasteiger partial charge in [-0.25, -0.2) is 0 Å². The van der Waals surface area contributed by atoms with Crippen LogP contribution in [0.2, 0.25) is 0 Å². The Bertz CT molecular complexity index is 254. The van der Waals surface area contributed by atoms with Crippen molar-refractivity contribution in [2.75, 3.05) is 0 Å². The summed E-state index contributed by atoms with van der Waals surface area (Å²) in [4.78, 5) is 22.5. The first-order chi connectivity index (χ1) is 6.52. The summed E-state index contributed by atoms with van der Waals surface area (Å²) in [5, 5.41) is 9.23. The summed E-state index contributed by atoms with van der Waals surface area (Å²) in [5.74, 6) is -0.695. The van der Waals surface area contributed by atoms with Gasteiger partial charge in [0.05, 0.1) is 12.0 Å². The summed E-state index contributed by atoms with van der Waals surface area (Å²) in [7, 11) is 0.